The lowest BCUT2D eigenvalue weighted by Crippen LogP contribution is -2.31. The molecule has 274 valence electrons. The number of hydrogen-bond acceptors (Lipinski definition) is 5. The Morgan fingerprint density at radius 2 is 0.810 bits per heavy atom. The van der Waals surface area contributed by atoms with Crippen molar-refractivity contribution < 1.29 is 0 Å². The van der Waals surface area contributed by atoms with Gasteiger partial charge in [0.05, 0.1) is 5.41 Å². The average molecular weight is 761 g/mol. The molecule has 0 radical (unpaired) electrons. The van der Waals surface area contributed by atoms with Gasteiger partial charge in [-0.2, -0.15) is 0 Å². The van der Waals surface area contributed by atoms with Crippen molar-refractivity contribution in [1.82, 2.24) is 19.9 Å². The van der Waals surface area contributed by atoms with Gasteiger partial charge in [-0.15, -0.1) is 0 Å². The Kier molecular flexibility index (Phi) is 8.05. The van der Waals surface area contributed by atoms with E-state index in [1.807, 2.05) is 49.0 Å². The maximum Gasteiger partial charge on any atom is 0.164 e. The van der Waals surface area contributed by atoms with Gasteiger partial charge in [0.2, 0.25) is 0 Å². The lowest BCUT2D eigenvalue weighted by molar-refractivity contribution is 0.722. The second-order valence-corrected chi connectivity index (χ2v) is 16.1. The number of aryl methyl sites for hydroxylation is 2. The number of hydrogen-bond donors (Lipinski definition) is 0. The van der Waals surface area contributed by atoms with Crippen LogP contribution in [0.2, 0.25) is 0 Å². The summed E-state index contributed by atoms with van der Waals surface area (Å²) in [4.78, 5) is 22.4. The van der Waals surface area contributed by atoms with Gasteiger partial charge in [-0.05, 0) is 88.2 Å². The zero-order valence-corrected chi connectivity index (χ0v) is 32.8. The molecule has 7 aromatic carbocycles. The van der Waals surface area contributed by atoms with Crippen molar-refractivity contribution in [3.05, 3.63) is 216 Å². The molecule has 0 amide bonds. The lowest BCUT2D eigenvalue weighted by atomic mass is 9.67. The summed E-state index contributed by atoms with van der Waals surface area (Å²) in [5, 5.41) is 0. The van der Waals surface area contributed by atoms with Crippen LogP contribution in [-0.2, 0) is 5.41 Å². The molecular formula is C53H36N4S. The molecule has 2 aliphatic rings. The summed E-state index contributed by atoms with van der Waals surface area (Å²) in [6, 6.07) is 65.3. The fraction of sp³-hybridized carbons (Fsp3) is 0.0566. The van der Waals surface area contributed by atoms with Crippen LogP contribution < -0.4 is 0 Å². The van der Waals surface area contributed by atoms with E-state index in [2.05, 4.69) is 164 Å². The molecule has 11 rings (SSSR count). The molecule has 1 aliphatic heterocycles. The highest BCUT2D eigenvalue weighted by molar-refractivity contribution is 7.99. The summed E-state index contributed by atoms with van der Waals surface area (Å²) in [5.74, 6) is 1.91. The van der Waals surface area contributed by atoms with Crippen LogP contribution in [0.15, 0.2) is 192 Å². The zero-order valence-electron chi connectivity index (χ0n) is 32.0. The van der Waals surface area contributed by atoms with E-state index >= 15 is 0 Å². The van der Waals surface area contributed by atoms with Crippen LogP contribution in [0.3, 0.4) is 0 Å². The molecule has 58 heavy (non-hydrogen) atoms. The molecule has 2 aromatic heterocycles. The molecular weight excluding hydrogens is 725 g/mol. The standard InChI is InChI=1S/C53H36N4S/c1-33-20-30-41(34(2)54-33)36-23-27-39(28-24-36)52-56-50(37-12-4-3-5-13-37)55-51(57-52)38-25-21-35(22-26-38)40-29-31-43-42-14-6-7-15-44(42)53(47(43)32-40)45-16-8-10-18-48(45)58-49-19-11-9-17-46(49)53/h3-32H,1-2H3. The molecule has 3 heterocycles. The summed E-state index contributed by atoms with van der Waals surface area (Å²) in [5.41, 5.74) is 16.9. The van der Waals surface area contributed by atoms with Crippen LogP contribution in [-0.4, -0.2) is 19.9 Å². The van der Waals surface area contributed by atoms with Crippen molar-refractivity contribution in [3.8, 4) is 67.5 Å². The van der Waals surface area contributed by atoms with Gasteiger partial charge < -0.3 is 0 Å². The van der Waals surface area contributed by atoms with Gasteiger partial charge in [0.1, 0.15) is 0 Å². The molecule has 0 bridgehead atoms. The van der Waals surface area contributed by atoms with Gasteiger partial charge in [0.15, 0.2) is 17.5 Å². The molecule has 9 aromatic rings. The van der Waals surface area contributed by atoms with Gasteiger partial charge in [-0.3, -0.25) is 4.98 Å². The smallest absolute Gasteiger partial charge is 0.164 e. The lowest BCUT2D eigenvalue weighted by Gasteiger charge is -2.39. The maximum atomic E-state index is 5.07. The monoisotopic (exact) mass is 760 g/mol. The van der Waals surface area contributed by atoms with Crippen molar-refractivity contribution >= 4 is 11.8 Å². The molecule has 5 heteroatoms. The Bertz CT molecular complexity index is 3000. The fourth-order valence-electron chi connectivity index (χ4n) is 8.99. The molecule has 0 fully saturated rings. The fourth-order valence-corrected chi connectivity index (χ4v) is 10.2. The van der Waals surface area contributed by atoms with Crippen molar-refractivity contribution in [2.75, 3.05) is 0 Å². The maximum absolute atomic E-state index is 5.07. The van der Waals surface area contributed by atoms with Crippen molar-refractivity contribution in [2.24, 2.45) is 0 Å². The van der Waals surface area contributed by atoms with Crippen molar-refractivity contribution in [3.63, 3.8) is 0 Å². The first-order chi connectivity index (χ1) is 28.5. The predicted octanol–water partition coefficient (Wildman–Crippen LogP) is 13.0. The Balaban J connectivity index is 1.00. The van der Waals surface area contributed by atoms with Crippen LogP contribution >= 0.6 is 11.8 Å². The van der Waals surface area contributed by atoms with Gasteiger partial charge >= 0.3 is 0 Å². The molecule has 0 saturated carbocycles. The Morgan fingerprint density at radius 1 is 0.345 bits per heavy atom. The first-order valence-electron chi connectivity index (χ1n) is 19.6. The minimum absolute atomic E-state index is 0.413. The second kappa shape index (κ2) is 13.6. The summed E-state index contributed by atoms with van der Waals surface area (Å²) in [6.45, 7) is 4.08. The summed E-state index contributed by atoms with van der Waals surface area (Å²) in [6.07, 6.45) is 0. The molecule has 0 unspecified atom stereocenters. The van der Waals surface area contributed by atoms with E-state index in [-0.39, 0.29) is 0 Å². The van der Waals surface area contributed by atoms with Crippen LogP contribution in [0.1, 0.15) is 33.6 Å². The number of pyridine rings is 1. The van der Waals surface area contributed by atoms with Gasteiger partial charge in [0, 0.05) is 43.4 Å². The van der Waals surface area contributed by atoms with Gasteiger partial charge in [0.25, 0.3) is 0 Å². The highest BCUT2D eigenvalue weighted by Gasteiger charge is 2.50. The van der Waals surface area contributed by atoms with E-state index in [1.165, 1.54) is 48.7 Å². The highest BCUT2D eigenvalue weighted by atomic mass is 32.2. The molecule has 0 atom stereocenters. The van der Waals surface area contributed by atoms with Crippen molar-refractivity contribution in [2.45, 2.75) is 29.1 Å². The third-order valence-corrected chi connectivity index (χ3v) is 12.8. The largest absolute Gasteiger partial charge is 0.258 e. The topological polar surface area (TPSA) is 51.6 Å². The van der Waals surface area contributed by atoms with E-state index in [0.29, 0.717) is 17.5 Å². The highest BCUT2D eigenvalue weighted by Crippen LogP contribution is 2.62. The average Bonchev–Trinajstić information content (AvgIpc) is 3.56. The number of benzene rings is 7. The van der Waals surface area contributed by atoms with Crippen LogP contribution in [0.5, 0.6) is 0 Å². The molecule has 0 saturated heterocycles. The zero-order chi connectivity index (χ0) is 38.8. The van der Waals surface area contributed by atoms with Crippen LogP contribution in [0.4, 0.5) is 0 Å². The summed E-state index contributed by atoms with van der Waals surface area (Å²) < 4.78 is 0. The van der Waals surface area contributed by atoms with Crippen molar-refractivity contribution in [1.29, 1.82) is 0 Å². The van der Waals surface area contributed by atoms with E-state index in [0.717, 1.165) is 44.8 Å². The Morgan fingerprint density at radius 3 is 1.43 bits per heavy atom. The normalized spacial score (nSPS) is 13.1. The third-order valence-electron chi connectivity index (χ3n) is 11.7. The van der Waals surface area contributed by atoms with Crippen LogP contribution in [0, 0.1) is 13.8 Å². The number of aromatic nitrogens is 4. The SMILES string of the molecule is Cc1ccc(-c2ccc(-c3nc(-c4ccccc4)nc(-c4ccc(-c5ccc6c(c5)C5(c7ccccc7Sc7ccccc75)c5ccccc5-6)cc4)n3)cc2)c(C)n1. The molecule has 1 aliphatic carbocycles. The Labute approximate surface area is 342 Å². The second-order valence-electron chi connectivity index (χ2n) is 15.1. The summed E-state index contributed by atoms with van der Waals surface area (Å²) in [7, 11) is 0. The van der Waals surface area contributed by atoms with E-state index in [4.69, 9.17) is 15.0 Å². The minimum Gasteiger partial charge on any atom is -0.258 e. The Hall–Kier alpha value is -6.95. The van der Waals surface area contributed by atoms with E-state index in [1.54, 1.807) is 0 Å². The minimum atomic E-state index is -0.413. The molecule has 4 nitrogen and oxygen atoms in total. The molecule has 0 N–H and O–H groups in total. The molecule has 1 spiro atoms. The number of nitrogens with zero attached hydrogens (tertiary/aromatic N) is 4. The van der Waals surface area contributed by atoms with Gasteiger partial charge in [-0.1, -0.05) is 169 Å². The summed E-state index contributed by atoms with van der Waals surface area (Å²) >= 11 is 1.87. The number of fused-ring (bicyclic) bond motifs is 9. The quantitative estimate of drug-likeness (QED) is 0.175. The predicted molar refractivity (Wildman–Crippen MR) is 236 cm³/mol. The van der Waals surface area contributed by atoms with Gasteiger partial charge in [-0.25, -0.2) is 15.0 Å². The number of rotatable bonds is 5. The van der Waals surface area contributed by atoms with E-state index in [9.17, 15) is 0 Å². The third kappa shape index (κ3) is 5.46. The first kappa shape index (κ1) is 34.3. The van der Waals surface area contributed by atoms with E-state index < -0.39 is 5.41 Å². The first-order valence-corrected chi connectivity index (χ1v) is 20.4. The van der Waals surface area contributed by atoms with Crippen LogP contribution in [0.25, 0.3) is 67.5 Å².